The normalized spacial score (nSPS) is 17.0. The van der Waals surface area contributed by atoms with Crippen LogP contribution in [0.1, 0.15) is 31.9 Å². The fourth-order valence-corrected chi connectivity index (χ4v) is 2.66. The number of hydrogen-bond donors (Lipinski definition) is 1. The highest BCUT2D eigenvalue weighted by Crippen LogP contribution is 2.21. The Labute approximate surface area is 142 Å². The van der Waals surface area contributed by atoms with Crippen LogP contribution >= 0.6 is 15.9 Å². The average Bonchev–Trinajstić information content (AvgIpc) is 3.16. The van der Waals surface area contributed by atoms with Crippen LogP contribution in [-0.2, 0) is 9.63 Å². The highest BCUT2D eigenvalue weighted by atomic mass is 79.9. The summed E-state index contributed by atoms with van der Waals surface area (Å²) in [6.45, 7) is 4.05. The van der Waals surface area contributed by atoms with E-state index in [4.69, 9.17) is 4.84 Å². The molecule has 1 aromatic heterocycles. The number of hydrogen-bond acceptors (Lipinski definition) is 4. The second kappa shape index (κ2) is 6.54. The number of carbonyl (C=O) groups is 1. The minimum Gasteiger partial charge on any atom is -0.382 e. The van der Waals surface area contributed by atoms with Gasteiger partial charge in [-0.3, -0.25) is 9.48 Å². The summed E-state index contributed by atoms with van der Waals surface area (Å²) in [6, 6.07) is 8.01. The van der Waals surface area contributed by atoms with E-state index in [1.54, 1.807) is 17.1 Å². The Balaban J connectivity index is 1.62. The van der Waals surface area contributed by atoms with Crippen molar-refractivity contribution in [1.82, 2.24) is 9.78 Å². The SMILES string of the molecule is CC(C)n1cc(NC(=O)[C@H]2CC(c3cccc(Br)c3)=NO2)cn1. The number of aromatic nitrogens is 2. The van der Waals surface area contributed by atoms with Crippen LogP contribution < -0.4 is 5.32 Å². The summed E-state index contributed by atoms with van der Waals surface area (Å²) in [6.07, 6.45) is 3.25. The van der Waals surface area contributed by atoms with E-state index < -0.39 is 6.10 Å². The maximum Gasteiger partial charge on any atom is 0.268 e. The molecule has 3 rings (SSSR count). The number of halogens is 1. The molecule has 6 nitrogen and oxygen atoms in total. The molecule has 0 fully saturated rings. The van der Waals surface area contributed by atoms with Crippen LogP contribution in [-0.4, -0.2) is 27.5 Å². The lowest BCUT2D eigenvalue weighted by Crippen LogP contribution is -2.27. The summed E-state index contributed by atoms with van der Waals surface area (Å²) < 4.78 is 2.75. The number of carbonyl (C=O) groups excluding carboxylic acids is 1. The molecule has 0 bridgehead atoms. The molecule has 1 aliphatic heterocycles. The molecule has 0 radical (unpaired) electrons. The monoisotopic (exact) mass is 376 g/mol. The van der Waals surface area contributed by atoms with Crippen molar-refractivity contribution >= 4 is 33.2 Å². The summed E-state index contributed by atoms with van der Waals surface area (Å²) in [5.41, 5.74) is 2.37. The summed E-state index contributed by atoms with van der Waals surface area (Å²) in [5.74, 6) is -0.220. The first-order valence-electron chi connectivity index (χ1n) is 7.36. The molecule has 0 spiro atoms. The van der Waals surface area contributed by atoms with Crippen LogP contribution in [0.2, 0.25) is 0 Å². The van der Waals surface area contributed by atoms with E-state index in [1.807, 2.05) is 38.1 Å². The van der Waals surface area contributed by atoms with Crippen LogP contribution in [0.4, 0.5) is 5.69 Å². The highest BCUT2D eigenvalue weighted by Gasteiger charge is 2.29. The maximum absolute atomic E-state index is 12.3. The standard InChI is InChI=1S/C16H17BrN4O2/c1-10(2)21-9-13(8-18-21)19-16(22)15-7-14(20-23-15)11-4-3-5-12(17)6-11/h3-6,8-10,15H,7H2,1-2H3,(H,19,22)/t15-/m1/s1. The molecule has 0 aliphatic carbocycles. The maximum atomic E-state index is 12.3. The van der Waals surface area contributed by atoms with Gasteiger partial charge in [0.25, 0.3) is 5.91 Å². The van der Waals surface area contributed by atoms with Gasteiger partial charge in [-0.15, -0.1) is 0 Å². The van der Waals surface area contributed by atoms with Gasteiger partial charge in [0, 0.05) is 28.7 Å². The molecule has 1 N–H and O–H groups in total. The molecule has 1 amide bonds. The summed E-state index contributed by atoms with van der Waals surface area (Å²) >= 11 is 3.43. The van der Waals surface area contributed by atoms with E-state index in [2.05, 4.69) is 31.5 Å². The van der Waals surface area contributed by atoms with Gasteiger partial charge >= 0.3 is 0 Å². The fraction of sp³-hybridized carbons (Fsp3) is 0.312. The topological polar surface area (TPSA) is 68.5 Å². The van der Waals surface area contributed by atoms with Gasteiger partial charge in [0.2, 0.25) is 6.10 Å². The molecule has 0 saturated carbocycles. The van der Waals surface area contributed by atoms with E-state index in [1.165, 1.54) is 0 Å². The Morgan fingerprint density at radius 3 is 3.00 bits per heavy atom. The van der Waals surface area contributed by atoms with Crippen LogP contribution in [0.3, 0.4) is 0 Å². The smallest absolute Gasteiger partial charge is 0.268 e. The van der Waals surface area contributed by atoms with Gasteiger partial charge in [-0.25, -0.2) is 0 Å². The van der Waals surface area contributed by atoms with Crippen LogP contribution in [0, 0.1) is 0 Å². The van der Waals surface area contributed by atoms with E-state index in [0.717, 1.165) is 15.7 Å². The van der Waals surface area contributed by atoms with Crippen molar-refractivity contribution in [3.05, 3.63) is 46.7 Å². The van der Waals surface area contributed by atoms with Gasteiger partial charge in [0.15, 0.2) is 0 Å². The zero-order valence-corrected chi connectivity index (χ0v) is 14.4. The fourth-order valence-electron chi connectivity index (χ4n) is 2.26. The molecule has 120 valence electrons. The summed E-state index contributed by atoms with van der Waals surface area (Å²) in [4.78, 5) is 17.6. The molecular weight excluding hydrogens is 360 g/mol. The number of amides is 1. The van der Waals surface area contributed by atoms with E-state index in [9.17, 15) is 4.79 Å². The first-order chi connectivity index (χ1) is 11.0. The molecule has 1 aliphatic rings. The predicted octanol–water partition coefficient (Wildman–Crippen LogP) is 3.36. The second-order valence-corrected chi connectivity index (χ2v) is 6.55. The minimum absolute atomic E-state index is 0.220. The Morgan fingerprint density at radius 2 is 2.30 bits per heavy atom. The Hall–Kier alpha value is -2.15. The number of nitrogens with zero attached hydrogens (tertiary/aromatic N) is 3. The van der Waals surface area contributed by atoms with E-state index in [0.29, 0.717) is 12.1 Å². The average molecular weight is 377 g/mol. The Bertz CT molecular complexity index is 754. The van der Waals surface area contributed by atoms with Gasteiger partial charge in [0.05, 0.1) is 17.6 Å². The minimum atomic E-state index is -0.619. The van der Waals surface area contributed by atoms with E-state index >= 15 is 0 Å². The van der Waals surface area contributed by atoms with Crippen LogP contribution in [0.5, 0.6) is 0 Å². The lowest BCUT2D eigenvalue weighted by atomic mass is 10.0. The molecule has 2 heterocycles. The van der Waals surface area contributed by atoms with Crippen molar-refractivity contribution in [3.8, 4) is 0 Å². The van der Waals surface area contributed by atoms with Gasteiger partial charge < -0.3 is 10.2 Å². The second-order valence-electron chi connectivity index (χ2n) is 5.64. The third-order valence-electron chi connectivity index (χ3n) is 3.52. The van der Waals surface area contributed by atoms with Gasteiger partial charge in [-0.2, -0.15) is 5.10 Å². The molecule has 2 aromatic rings. The van der Waals surface area contributed by atoms with Crippen LogP contribution in [0.15, 0.2) is 46.3 Å². The predicted molar refractivity (Wildman–Crippen MR) is 91.4 cm³/mol. The third-order valence-corrected chi connectivity index (χ3v) is 4.01. The van der Waals surface area contributed by atoms with Crippen molar-refractivity contribution in [3.63, 3.8) is 0 Å². The first kappa shape index (κ1) is 15.7. The molecule has 1 aromatic carbocycles. The molecule has 23 heavy (non-hydrogen) atoms. The number of anilines is 1. The lowest BCUT2D eigenvalue weighted by molar-refractivity contribution is -0.125. The van der Waals surface area contributed by atoms with Crippen molar-refractivity contribution in [1.29, 1.82) is 0 Å². The van der Waals surface area contributed by atoms with Crippen molar-refractivity contribution in [2.45, 2.75) is 32.4 Å². The van der Waals surface area contributed by atoms with Crippen LogP contribution in [0.25, 0.3) is 0 Å². The molecular formula is C16H17BrN4O2. The van der Waals surface area contributed by atoms with Crippen molar-refractivity contribution in [2.75, 3.05) is 5.32 Å². The number of oxime groups is 1. The number of benzene rings is 1. The number of nitrogens with one attached hydrogen (secondary N) is 1. The summed E-state index contributed by atoms with van der Waals surface area (Å²) in [5, 5.41) is 11.0. The van der Waals surface area contributed by atoms with Crippen molar-refractivity contribution < 1.29 is 9.63 Å². The first-order valence-corrected chi connectivity index (χ1v) is 8.16. The van der Waals surface area contributed by atoms with Crippen molar-refractivity contribution in [2.24, 2.45) is 5.16 Å². The molecule has 0 saturated heterocycles. The zero-order chi connectivity index (χ0) is 16.4. The summed E-state index contributed by atoms with van der Waals surface area (Å²) in [7, 11) is 0. The number of rotatable bonds is 4. The molecule has 1 atom stereocenters. The van der Waals surface area contributed by atoms with Gasteiger partial charge in [0.1, 0.15) is 0 Å². The molecule has 0 unspecified atom stereocenters. The van der Waals surface area contributed by atoms with E-state index in [-0.39, 0.29) is 11.9 Å². The molecule has 7 heteroatoms. The Morgan fingerprint density at radius 1 is 1.48 bits per heavy atom. The Kier molecular flexibility index (Phi) is 4.47. The largest absolute Gasteiger partial charge is 0.382 e. The highest BCUT2D eigenvalue weighted by molar-refractivity contribution is 9.10. The third kappa shape index (κ3) is 3.61. The quantitative estimate of drug-likeness (QED) is 0.889. The zero-order valence-electron chi connectivity index (χ0n) is 12.9. The van der Waals surface area contributed by atoms with Gasteiger partial charge in [-0.05, 0) is 26.0 Å². The van der Waals surface area contributed by atoms with Gasteiger partial charge in [-0.1, -0.05) is 33.2 Å². The lowest BCUT2D eigenvalue weighted by Gasteiger charge is -2.08.